The van der Waals surface area contributed by atoms with Crippen LogP contribution in [-0.4, -0.2) is 16.7 Å². The van der Waals surface area contributed by atoms with Crippen molar-refractivity contribution in [2.75, 3.05) is 6.61 Å². The Labute approximate surface area is 112 Å². The van der Waals surface area contributed by atoms with E-state index in [0.29, 0.717) is 0 Å². The maximum absolute atomic E-state index is 10.1. The number of ether oxygens (including phenoxy) is 1. The normalized spacial score (nSPS) is 17.8. The number of pyridine rings is 1. The van der Waals surface area contributed by atoms with E-state index in [9.17, 15) is 5.11 Å². The van der Waals surface area contributed by atoms with Crippen molar-refractivity contribution in [2.24, 2.45) is 0 Å². The largest absolute Gasteiger partial charge is 0.480 e. The zero-order valence-electron chi connectivity index (χ0n) is 10.6. The molecule has 0 saturated carbocycles. The van der Waals surface area contributed by atoms with Gasteiger partial charge in [0.2, 0.25) is 0 Å². The van der Waals surface area contributed by atoms with Gasteiger partial charge in [0.25, 0.3) is 0 Å². The summed E-state index contributed by atoms with van der Waals surface area (Å²) in [4.78, 5) is 4.58. The molecule has 1 aromatic heterocycles. The number of para-hydroxylation sites is 1. The van der Waals surface area contributed by atoms with Crippen molar-refractivity contribution in [3.05, 3.63) is 35.5 Å². The van der Waals surface area contributed by atoms with Gasteiger partial charge in [0.15, 0.2) is 0 Å². The molecule has 3 rings (SSSR count). The van der Waals surface area contributed by atoms with Crippen LogP contribution >= 0.6 is 0 Å². The third-order valence-electron chi connectivity index (χ3n) is 3.49. The molecule has 96 valence electrons. The molecule has 19 heavy (non-hydrogen) atoms. The van der Waals surface area contributed by atoms with E-state index in [2.05, 4.69) is 10.9 Å². The molecule has 3 nitrogen and oxygen atoms in total. The van der Waals surface area contributed by atoms with Crippen LogP contribution in [0.25, 0.3) is 10.9 Å². The lowest BCUT2D eigenvalue weighted by Gasteiger charge is -2.23. The Bertz CT molecular complexity index is 658. The second-order valence-electron chi connectivity index (χ2n) is 4.72. The van der Waals surface area contributed by atoms with Crippen molar-refractivity contribution in [1.82, 2.24) is 4.98 Å². The quantitative estimate of drug-likeness (QED) is 0.837. The third-order valence-corrected chi connectivity index (χ3v) is 3.49. The number of aromatic nitrogens is 1. The first-order chi connectivity index (χ1) is 9.31. The van der Waals surface area contributed by atoms with Crippen molar-refractivity contribution in [3.8, 4) is 18.1 Å². The number of aliphatic hydroxyl groups is 1. The fourth-order valence-corrected chi connectivity index (χ4v) is 2.64. The standard InChI is InChI=1S/C16H15NO2/c1-2-10-19-16-11-6-3-4-8-13(11)17-15-12(16)7-5-9-14(15)18/h1,3-4,6,8,14,18H,5,7,9-10H2. The Balaban J connectivity index is 2.25. The van der Waals surface area contributed by atoms with E-state index in [-0.39, 0.29) is 6.61 Å². The number of hydrogen-bond donors (Lipinski definition) is 1. The van der Waals surface area contributed by atoms with Crippen LogP contribution in [0.2, 0.25) is 0 Å². The maximum Gasteiger partial charge on any atom is 0.148 e. The first kappa shape index (κ1) is 12.0. The van der Waals surface area contributed by atoms with Crippen LogP contribution < -0.4 is 4.74 Å². The molecule has 0 bridgehead atoms. The molecule has 0 amide bonds. The summed E-state index contributed by atoms with van der Waals surface area (Å²) in [5.41, 5.74) is 2.60. The molecule has 1 unspecified atom stereocenters. The summed E-state index contributed by atoms with van der Waals surface area (Å²) < 4.78 is 5.73. The zero-order chi connectivity index (χ0) is 13.2. The fourth-order valence-electron chi connectivity index (χ4n) is 2.64. The van der Waals surface area contributed by atoms with Gasteiger partial charge in [-0.2, -0.15) is 0 Å². The lowest BCUT2D eigenvalue weighted by Crippen LogP contribution is -2.14. The van der Waals surface area contributed by atoms with E-state index in [4.69, 9.17) is 11.2 Å². The van der Waals surface area contributed by atoms with Gasteiger partial charge in [-0.3, -0.25) is 0 Å². The van der Waals surface area contributed by atoms with Crippen LogP contribution in [0, 0.1) is 12.3 Å². The highest BCUT2D eigenvalue weighted by Crippen LogP contribution is 2.38. The molecular weight excluding hydrogens is 238 g/mol. The van der Waals surface area contributed by atoms with E-state index in [1.807, 2.05) is 24.3 Å². The molecule has 0 aliphatic heterocycles. The Morgan fingerprint density at radius 1 is 1.42 bits per heavy atom. The number of terminal acetylenes is 1. The fraction of sp³-hybridized carbons (Fsp3) is 0.312. The zero-order valence-corrected chi connectivity index (χ0v) is 10.6. The summed E-state index contributed by atoms with van der Waals surface area (Å²) in [5.74, 6) is 3.28. The molecule has 0 fully saturated rings. The minimum Gasteiger partial charge on any atom is -0.480 e. The second kappa shape index (κ2) is 4.91. The minimum absolute atomic E-state index is 0.233. The summed E-state index contributed by atoms with van der Waals surface area (Å²) >= 11 is 0. The molecule has 0 saturated heterocycles. The van der Waals surface area contributed by atoms with E-state index in [1.54, 1.807) is 0 Å². The summed E-state index contributed by atoms with van der Waals surface area (Å²) in [6.07, 6.45) is 7.37. The van der Waals surface area contributed by atoms with Crippen LogP contribution in [0.5, 0.6) is 5.75 Å². The number of aliphatic hydroxyl groups excluding tert-OH is 1. The summed E-state index contributed by atoms with van der Waals surface area (Å²) in [6.45, 7) is 0.233. The Morgan fingerprint density at radius 2 is 2.26 bits per heavy atom. The molecule has 0 radical (unpaired) electrons. The van der Waals surface area contributed by atoms with E-state index < -0.39 is 6.10 Å². The lowest BCUT2D eigenvalue weighted by atomic mass is 9.91. The predicted molar refractivity (Wildman–Crippen MR) is 74.0 cm³/mol. The van der Waals surface area contributed by atoms with Crippen molar-refractivity contribution in [3.63, 3.8) is 0 Å². The van der Waals surface area contributed by atoms with Gasteiger partial charge in [-0.1, -0.05) is 18.1 Å². The third kappa shape index (κ3) is 2.05. The van der Waals surface area contributed by atoms with E-state index in [0.717, 1.165) is 47.2 Å². The molecule has 0 spiro atoms. The van der Waals surface area contributed by atoms with Crippen LogP contribution in [0.3, 0.4) is 0 Å². The van der Waals surface area contributed by atoms with Gasteiger partial charge < -0.3 is 9.84 Å². The highest BCUT2D eigenvalue weighted by Gasteiger charge is 2.24. The lowest BCUT2D eigenvalue weighted by molar-refractivity contribution is 0.151. The number of fused-ring (bicyclic) bond motifs is 2. The molecule has 1 aromatic carbocycles. The van der Waals surface area contributed by atoms with Crippen LogP contribution in [-0.2, 0) is 6.42 Å². The average molecular weight is 253 g/mol. The molecule has 1 N–H and O–H groups in total. The Kier molecular flexibility index (Phi) is 3.10. The summed E-state index contributed by atoms with van der Waals surface area (Å²) in [6, 6.07) is 7.80. The first-order valence-electron chi connectivity index (χ1n) is 6.47. The van der Waals surface area contributed by atoms with Crippen molar-refractivity contribution < 1.29 is 9.84 Å². The topological polar surface area (TPSA) is 42.4 Å². The highest BCUT2D eigenvalue weighted by molar-refractivity contribution is 5.87. The summed E-state index contributed by atoms with van der Waals surface area (Å²) in [7, 11) is 0. The Morgan fingerprint density at radius 3 is 3.11 bits per heavy atom. The number of benzene rings is 1. The van der Waals surface area contributed by atoms with Crippen LogP contribution in [0.1, 0.15) is 30.2 Å². The van der Waals surface area contributed by atoms with Gasteiger partial charge in [0, 0.05) is 10.9 Å². The molecule has 2 aromatic rings. The van der Waals surface area contributed by atoms with Crippen molar-refractivity contribution in [1.29, 1.82) is 0 Å². The highest BCUT2D eigenvalue weighted by atomic mass is 16.5. The van der Waals surface area contributed by atoms with Gasteiger partial charge >= 0.3 is 0 Å². The minimum atomic E-state index is -0.499. The number of rotatable bonds is 2. The Hall–Kier alpha value is -2.05. The van der Waals surface area contributed by atoms with Gasteiger partial charge in [0.05, 0.1) is 17.3 Å². The SMILES string of the molecule is C#CCOc1c2c(nc3ccccc13)C(O)CCC2. The van der Waals surface area contributed by atoms with Gasteiger partial charge in [-0.15, -0.1) is 6.42 Å². The van der Waals surface area contributed by atoms with E-state index >= 15 is 0 Å². The summed E-state index contributed by atoms with van der Waals surface area (Å²) in [5, 5.41) is 11.1. The van der Waals surface area contributed by atoms with Gasteiger partial charge in [-0.25, -0.2) is 4.98 Å². The second-order valence-corrected chi connectivity index (χ2v) is 4.72. The van der Waals surface area contributed by atoms with Gasteiger partial charge in [-0.05, 0) is 31.4 Å². The number of nitrogens with zero attached hydrogens (tertiary/aromatic N) is 1. The molecular formula is C16H15NO2. The average Bonchev–Trinajstić information content (AvgIpc) is 2.44. The van der Waals surface area contributed by atoms with Gasteiger partial charge in [0.1, 0.15) is 12.4 Å². The van der Waals surface area contributed by atoms with Crippen LogP contribution in [0.4, 0.5) is 0 Å². The maximum atomic E-state index is 10.1. The number of hydrogen-bond acceptors (Lipinski definition) is 3. The molecule has 1 aliphatic carbocycles. The molecule has 1 heterocycles. The smallest absolute Gasteiger partial charge is 0.148 e. The monoisotopic (exact) mass is 253 g/mol. The van der Waals surface area contributed by atoms with Crippen LogP contribution in [0.15, 0.2) is 24.3 Å². The van der Waals surface area contributed by atoms with E-state index in [1.165, 1.54) is 0 Å². The predicted octanol–water partition coefficient (Wildman–Crippen LogP) is 2.62. The molecule has 1 atom stereocenters. The first-order valence-corrected chi connectivity index (χ1v) is 6.47. The van der Waals surface area contributed by atoms with Crippen molar-refractivity contribution >= 4 is 10.9 Å². The molecule has 1 aliphatic rings. The van der Waals surface area contributed by atoms with Crippen molar-refractivity contribution in [2.45, 2.75) is 25.4 Å². The molecule has 3 heteroatoms.